The van der Waals surface area contributed by atoms with Gasteiger partial charge in [-0.15, -0.1) is 15.3 Å². The molecular weight excluding hydrogens is 156 g/mol. The lowest BCUT2D eigenvalue weighted by atomic mass is 10.4. The molecule has 0 aliphatic heterocycles. The number of nitrogens with two attached hydrogens (primary N) is 1. The Hall–Kier alpha value is -1.56. The average molecular weight is 164 g/mol. The van der Waals surface area contributed by atoms with Gasteiger partial charge in [0.15, 0.2) is 11.5 Å². The Kier molecular flexibility index (Phi) is 1.67. The largest absolute Gasteiger partial charge is 0.330 e. The molecule has 2 N–H and O–H groups in total. The van der Waals surface area contributed by atoms with E-state index in [1.54, 1.807) is 10.7 Å². The molecule has 0 amide bonds. The minimum atomic E-state index is 0.549. The fourth-order valence-electron chi connectivity index (χ4n) is 0.927. The van der Waals surface area contributed by atoms with E-state index in [0.717, 1.165) is 0 Å². The SMILES string of the molecule is NCCc1ncc2nncn2n1. The first kappa shape index (κ1) is 7.11. The predicted molar refractivity (Wildman–Crippen MR) is 41.3 cm³/mol. The number of fused-ring (bicyclic) bond motifs is 1. The Balaban J connectivity index is 2.46. The van der Waals surface area contributed by atoms with Gasteiger partial charge in [-0.1, -0.05) is 0 Å². The average Bonchev–Trinajstić information content (AvgIpc) is 2.51. The van der Waals surface area contributed by atoms with Gasteiger partial charge in [0.2, 0.25) is 0 Å². The molecule has 12 heavy (non-hydrogen) atoms. The van der Waals surface area contributed by atoms with Gasteiger partial charge >= 0.3 is 0 Å². The zero-order valence-electron chi connectivity index (χ0n) is 6.38. The van der Waals surface area contributed by atoms with Crippen LogP contribution in [0.15, 0.2) is 12.5 Å². The van der Waals surface area contributed by atoms with E-state index in [-0.39, 0.29) is 0 Å². The summed E-state index contributed by atoms with van der Waals surface area (Å²) in [5, 5.41) is 11.6. The van der Waals surface area contributed by atoms with Crippen molar-refractivity contribution in [3.63, 3.8) is 0 Å². The van der Waals surface area contributed by atoms with Gasteiger partial charge in [-0.05, 0) is 6.54 Å². The van der Waals surface area contributed by atoms with E-state index >= 15 is 0 Å². The molecule has 0 aliphatic rings. The monoisotopic (exact) mass is 164 g/mol. The lowest BCUT2D eigenvalue weighted by molar-refractivity contribution is 0.779. The van der Waals surface area contributed by atoms with Crippen LogP contribution in [0.25, 0.3) is 5.65 Å². The highest BCUT2D eigenvalue weighted by molar-refractivity contribution is 5.29. The van der Waals surface area contributed by atoms with E-state index in [2.05, 4.69) is 20.3 Å². The summed E-state index contributed by atoms with van der Waals surface area (Å²) in [7, 11) is 0. The summed E-state index contributed by atoms with van der Waals surface area (Å²) in [5.41, 5.74) is 6.01. The fraction of sp³-hybridized carbons (Fsp3) is 0.333. The Morgan fingerprint density at radius 2 is 2.42 bits per heavy atom. The van der Waals surface area contributed by atoms with Crippen molar-refractivity contribution >= 4 is 5.65 Å². The Labute approximate surface area is 68.4 Å². The molecule has 0 spiro atoms. The summed E-state index contributed by atoms with van der Waals surface area (Å²) < 4.78 is 1.58. The Bertz CT molecular complexity index is 380. The smallest absolute Gasteiger partial charge is 0.195 e. The second kappa shape index (κ2) is 2.82. The minimum absolute atomic E-state index is 0.549. The third-order valence-electron chi connectivity index (χ3n) is 1.48. The van der Waals surface area contributed by atoms with Crippen LogP contribution in [0, 0.1) is 0 Å². The quantitative estimate of drug-likeness (QED) is 0.617. The van der Waals surface area contributed by atoms with E-state index in [1.807, 2.05) is 0 Å². The summed E-state index contributed by atoms with van der Waals surface area (Å²) in [5.74, 6) is 0.713. The molecule has 62 valence electrons. The lowest BCUT2D eigenvalue weighted by Gasteiger charge is -1.95. The molecule has 2 rings (SSSR count). The Morgan fingerprint density at radius 3 is 3.25 bits per heavy atom. The third kappa shape index (κ3) is 1.12. The van der Waals surface area contributed by atoms with Crippen molar-refractivity contribution < 1.29 is 0 Å². The van der Waals surface area contributed by atoms with Crippen LogP contribution in [0.2, 0.25) is 0 Å². The first-order valence-corrected chi connectivity index (χ1v) is 3.62. The van der Waals surface area contributed by atoms with Gasteiger partial charge in [-0.3, -0.25) is 0 Å². The van der Waals surface area contributed by atoms with E-state index < -0.39 is 0 Å². The van der Waals surface area contributed by atoms with Crippen LogP contribution >= 0.6 is 0 Å². The Morgan fingerprint density at radius 1 is 1.50 bits per heavy atom. The van der Waals surface area contributed by atoms with Crippen LogP contribution < -0.4 is 5.73 Å². The van der Waals surface area contributed by atoms with Crippen LogP contribution in [0.4, 0.5) is 0 Å². The molecule has 0 saturated heterocycles. The molecule has 0 atom stereocenters. The van der Waals surface area contributed by atoms with Crippen LogP contribution in [-0.2, 0) is 6.42 Å². The molecule has 2 heterocycles. The van der Waals surface area contributed by atoms with Crippen LogP contribution in [0.5, 0.6) is 0 Å². The lowest BCUT2D eigenvalue weighted by Crippen LogP contribution is -2.08. The zero-order chi connectivity index (χ0) is 8.39. The first-order chi connectivity index (χ1) is 5.90. The van der Waals surface area contributed by atoms with Gasteiger partial charge in [0.25, 0.3) is 0 Å². The van der Waals surface area contributed by atoms with Gasteiger partial charge in [0, 0.05) is 6.42 Å². The molecule has 0 radical (unpaired) electrons. The molecule has 0 bridgehead atoms. The molecule has 0 aromatic carbocycles. The van der Waals surface area contributed by atoms with Gasteiger partial charge in [0.1, 0.15) is 6.33 Å². The molecule has 0 unspecified atom stereocenters. The minimum Gasteiger partial charge on any atom is -0.330 e. The number of aromatic nitrogens is 5. The second-order valence-electron chi connectivity index (χ2n) is 2.35. The first-order valence-electron chi connectivity index (χ1n) is 3.62. The van der Waals surface area contributed by atoms with Crippen LogP contribution in [0.1, 0.15) is 5.82 Å². The third-order valence-corrected chi connectivity index (χ3v) is 1.48. The molecule has 0 saturated carbocycles. The van der Waals surface area contributed by atoms with Crippen LogP contribution in [0.3, 0.4) is 0 Å². The summed E-state index contributed by atoms with van der Waals surface area (Å²) in [6.07, 6.45) is 3.84. The highest BCUT2D eigenvalue weighted by atomic mass is 15.4. The maximum Gasteiger partial charge on any atom is 0.195 e. The van der Waals surface area contributed by atoms with Crippen molar-refractivity contribution in [2.75, 3.05) is 6.54 Å². The molecule has 0 fully saturated rings. The normalized spacial score (nSPS) is 10.8. The number of hydrogen-bond acceptors (Lipinski definition) is 5. The van der Waals surface area contributed by atoms with Crippen molar-refractivity contribution in [2.45, 2.75) is 6.42 Å². The fourth-order valence-corrected chi connectivity index (χ4v) is 0.927. The van der Waals surface area contributed by atoms with E-state index in [9.17, 15) is 0 Å². The van der Waals surface area contributed by atoms with Crippen molar-refractivity contribution in [3.8, 4) is 0 Å². The number of nitrogens with zero attached hydrogens (tertiary/aromatic N) is 5. The summed E-state index contributed by atoms with van der Waals surface area (Å²) in [6, 6.07) is 0. The predicted octanol–water partition coefficient (Wildman–Crippen LogP) is -0.980. The molecule has 2 aromatic heterocycles. The molecule has 0 aliphatic carbocycles. The van der Waals surface area contributed by atoms with Crippen molar-refractivity contribution in [3.05, 3.63) is 18.3 Å². The molecule has 6 heteroatoms. The van der Waals surface area contributed by atoms with Crippen molar-refractivity contribution in [1.29, 1.82) is 0 Å². The highest BCUT2D eigenvalue weighted by Gasteiger charge is 1.98. The zero-order valence-corrected chi connectivity index (χ0v) is 6.38. The topological polar surface area (TPSA) is 82.0 Å². The maximum absolute atomic E-state index is 5.36. The van der Waals surface area contributed by atoms with Crippen LogP contribution in [-0.4, -0.2) is 31.3 Å². The standard InChI is InChI=1S/C6H8N6/c7-2-1-5-8-3-6-10-9-4-12(6)11-5/h3-4H,1-2,7H2. The number of rotatable bonds is 2. The molecule has 2 aromatic rings. The summed E-state index contributed by atoms with van der Waals surface area (Å²) >= 11 is 0. The second-order valence-corrected chi connectivity index (χ2v) is 2.35. The highest BCUT2D eigenvalue weighted by Crippen LogP contribution is 1.94. The summed E-state index contributed by atoms with van der Waals surface area (Å²) in [4.78, 5) is 4.05. The van der Waals surface area contributed by atoms with E-state index in [4.69, 9.17) is 5.73 Å². The molecular formula is C6H8N6. The number of hydrogen-bond donors (Lipinski definition) is 1. The van der Waals surface area contributed by atoms with Crippen molar-refractivity contribution in [1.82, 2.24) is 24.8 Å². The maximum atomic E-state index is 5.36. The van der Waals surface area contributed by atoms with E-state index in [1.165, 1.54) is 6.33 Å². The summed E-state index contributed by atoms with van der Waals surface area (Å²) in [6.45, 7) is 0.549. The molecule has 6 nitrogen and oxygen atoms in total. The van der Waals surface area contributed by atoms with E-state index in [0.29, 0.717) is 24.4 Å². The van der Waals surface area contributed by atoms with Gasteiger partial charge in [0.05, 0.1) is 6.20 Å². The van der Waals surface area contributed by atoms with Crippen molar-refractivity contribution in [2.24, 2.45) is 5.73 Å². The van der Waals surface area contributed by atoms with Gasteiger partial charge in [-0.2, -0.15) is 4.52 Å². The van der Waals surface area contributed by atoms with Gasteiger partial charge in [-0.25, -0.2) is 4.98 Å². The van der Waals surface area contributed by atoms with Gasteiger partial charge < -0.3 is 5.73 Å².